The third-order valence-corrected chi connectivity index (χ3v) is 11.1. The van der Waals surface area contributed by atoms with Gasteiger partial charge in [0.15, 0.2) is 17.5 Å². The summed E-state index contributed by atoms with van der Waals surface area (Å²) in [6, 6.07) is 36.3. The Morgan fingerprint density at radius 1 is 0.627 bits per heavy atom. The summed E-state index contributed by atoms with van der Waals surface area (Å²) in [7, 11) is 1.76. The molecule has 2 aliphatic rings. The lowest BCUT2D eigenvalue weighted by Crippen LogP contribution is -2.49. The molecule has 51 heavy (non-hydrogen) atoms. The van der Waals surface area contributed by atoms with Crippen LogP contribution in [0, 0.1) is 34.5 Å². The van der Waals surface area contributed by atoms with Gasteiger partial charge in [-0.1, -0.05) is 54.0 Å². The number of nitriles is 2. The van der Waals surface area contributed by atoms with Gasteiger partial charge in [0.1, 0.15) is 0 Å². The summed E-state index contributed by atoms with van der Waals surface area (Å²) >= 11 is 0. The van der Waals surface area contributed by atoms with Crippen LogP contribution in [-0.4, -0.2) is 38.7 Å². The molecule has 2 saturated carbocycles. The third-order valence-electron chi connectivity index (χ3n) is 11.1. The predicted octanol–water partition coefficient (Wildman–Crippen LogP) is 8.11. The lowest BCUT2D eigenvalue weighted by molar-refractivity contribution is -0.0893. The van der Waals surface area contributed by atoms with Crippen molar-refractivity contribution in [2.24, 2.45) is 11.8 Å². The van der Waals surface area contributed by atoms with Gasteiger partial charge < -0.3 is 9.76 Å². The Hall–Kier alpha value is -5.15. The van der Waals surface area contributed by atoms with E-state index in [1.54, 1.807) is 45.6 Å². The molecule has 1 aromatic heterocycles. The normalized spacial score (nSPS) is 20.0. The minimum Gasteiger partial charge on any atom is -0.427 e. The van der Waals surface area contributed by atoms with Crippen LogP contribution >= 0.6 is 0 Å². The summed E-state index contributed by atoms with van der Waals surface area (Å²) in [6.45, 7) is 7.34. The topological polar surface area (TPSA) is 116 Å². The number of hydrogen-bond donors (Lipinski definition) is 1. The molecule has 1 radical (unpaired) electrons. The standard InChI is InChI=1S/C43H41BN5O2/c1-42(2,50)43(3,4)51-44-37-19-17-31(18-20-37)38-23-29-21-35(24-36(38)22-29)30-13-15-34(16-14-30)41-48-39(32-9-5-27(25-45)6-10-32)47-40(49-41)33-11-7-28(26-46)8-12-33/h5-20,29,35-36,38,50H,21-24H2,1-4H3. The zero-order valence-corrected chi connectivity index (χ0v) is 29.5. The molecule has 2 fully saturated rings. The maximum atomic E-state index is 10.4. The molecule has 1 heterocycles. The van der Waals surface area contributed by atoms with Gasteiger partial charge in [-0.05, 0) is 137 Å². The molecule has 1 N–H and O–H groups in total. The minimum atomic E-state index is -0.957. The molecule has 7 rings (SSSR count). The van der Waals surface area contributed by atoms with Crippen molar-refractivity contribution >= 4 is 12.9 Å². The summed E-state index contributed by atoms with van der Waals surface area (Å²) in [4.78, 5) is 14.5. The Balaban J connectivity index is 1.08. The Morgan fingerprint density at radius 3 is 1.57 bits per heavy atom. The molecule has 0 aliphatic heterocycles. The van der Waals surface area contributed by atoms with E-state index in [0.717, 1.165) is 22.2 Å². The van der Waals surface area contributed by atoms with Crippen LogP contribution < -0.4 is 5.46 Å². The van der Waals surface area contributed by atoms with Crippen molar-refractivity contribution in [3.8, 4) is 46.3 Å². The molecule has 8 heteroatoms. The summed E-state index contributed by atoms with van der Waals surface area (Å²) in [5, 5.41) is 29.0. The fourth-order valence-corrected chi connectivity index (χ4v) is 7.47. The van der Waals surface area contributed by atoms with Gasteiger partial charge in [-0.2, -0.15) is 10.5 Å². The first-order chi connectivity index (χ1) is 24.5. The Morgan fingerprint density at radius 2 is 1.10 bits per heavy atom. The van der Waals surface area contributed by atoms with E-state index in [-0.39, 0.29) is 0 Å². The summed E-state index contributed by atoms with van der Waals surface area (Å²) in [5.74, 6) is 4.08. The smallest absolute Gasteiger partial charge is 0.330 e. The lowest BCUT2D eigenvalue weighted by atomic mass is 9.75. The molecule has 2 aliphatic carbocycles. The second kappa shape index (κ2) is 13.9. The second-order valence-corrected chi connectivity index (χ2v) is 15.2. The molecule has 253 valence electrons. The molecule has 2 bridgehead atoms. The maximum Gasteiger partial charge on any atom is 0.330 e. The van der Waals surface area contributed by atoms with E-state index in [2.05, 4.69) is 60.7 Å². The van der Waals surface area contributed by atoms with E-state index in [4.69, 9.17) is 19.6 Å². The van der Waals surface area contributed by atoms with Gasteiger partial charge in [-0.25, -0.2) is 15.0 Å². The van der Waals surface area contributed by atoms with Crippen LogP contribution in [0.25, 0.3) is 34.2 Å². The van der Waals surface area contributed by atoms with Gasteiger partial charge in [0.2, 0.25) is 0 Å². The van der Waals surface area contributed by atoms with E-state index in [9.17, 15) is 15.6 Å². The Bertz CT molecular complexity index is 2020. The van der Waals surface area contributed by atoms with Crippen molar-refractivity contribution in [3.63, 3.8) is 0 Å². The van der Waals surface area contributed by atoms with Crippen LogP contribution in [0.3, 0.4) is 0 Å². The first-order valence-electron chi connectivity index (χ1n) is 17.7. The first kappa shape index (κ1) is 34.3. The quantitative estimate of drug-likeness (QED) is 0.158. The molecule has 4 unspecified atom stereocenters. The highest BCUT2D eigenvalue weighted by molar-refractivity contribution is 6.47. The summed E-state index contributed by atoms with van der Waals surface area (Å²) in [6.07, 6.45) is 4.90. The van der Waals surface area contributed by atoms with Crippen molar-refractivity contribution in [2.75, 3.05) is 0 Å². The van der Waals surface area contributed by atoms with Gasteiger partial charge in [-0.3, -0.25) is 0 Å². The van der Waals surface area contributed by atoms with Crippen molar-refractivity contribution in [3.05, 3.63) is 119 Å². The van der Waals surface area contributed by atoms with Crippen molar-refractivity contribution < 1.29 is 9.76 Å². The summed E-state index contributed by atoms with van der Waals surface area (Å²) in [5.41, 5.74) is 5.77. The van der Waals surface area contributed by atoms with Crippen molar-refractivity contribution in [2.45, 2.75) is 76.4 Å². The predicted molar refractivity (Wildman–Crippen MR) is 200 cm³/mol. The van der Waals surface area contributed by atoms with Gasteiger partial charge in [0, 0.05) is 16.7 Å². The van der Waals surface area contributed by atoms with Gasteiger partial charge >= 0.3 is 7.48 Å². The fourth-order valence-electron chi connectivity index (χ4n) is 7.47. The second-order valence-electron chi connectivity index (χ2n) is 15.2. The number of aromatic nitrogens is 3. The minimum absolute atomic E-state index is 0.514. The van der Waals surface area contributed by atoms with Gasteiger partial charge in [0.25, 0.3) is 0 Å². The lowest BCUT2D eigenvalue weighted by Gasteiger charge is -2.37. The molecule has 5 aromatic rings. The number of hydrogen-bond acceptors (Lipinski definition) is 7. The molecule has 4 aromatic carbocycles. The van der Waals surface area contributed by atoms with Gasteiger partial charge in [0.05, 0.1) is 34.5 Å². The van der Waals surface area contributed by atoms with Gasteiger partial charge in [-0.15, -0.1) is 0 Å². The SMILES string of the molecule is CC(C)(O)C(C)(C)O[B]c1ccc(C2CC3CC(c4ccc(-c5nc(-c6ccc(C#N)cc6)nc(-c6ccc(C#N)cc6)n5)cc4)CC2C3)cc1. The third kappa shape index (κ3) is 7.35. The van der Waals surface area contributed by atoms with Crippen LogP contribution in [0.4, 0.5) is 0 Å². The van der Waals surface area contributed by atoms with Crippen LogP contribution in [0.15, 0.2) is 97.1 Å². The average Bonchev–Trinajstić information content (AvgIpc) is 3.46. The highest BCUT2D eigenvalue weighted by atomic mass is 16.5. The highest BCUT2D eigenvalue weighted by Gasteiger charge is 2.42. The average molecular weight is 671 g/mol. The zero-order chi connectivity index (χ0) is 35.8. The van der Waals surface area contributed by atoms with Crippen LogP contribution in [-0.2, 0) is 4.65 Å². The van der Waals surface area contributed by atoms with E-state index in [1.807, 2.05) is 38.1 Å². The Labute approximate surface area is 301 Å². The van der Waals surface area contributed by atoms with Crippen molar-refractivity contribution in [1.29, 1.82) is 10.5 Å². The molecule has 0 saturated heterocycles. The molecular formula is C43H41BN5O2. The maximum absolute atomic E-state index is 10.4. The molecular weight excluding hydrogens is 629 g/mol. The highest BCUT2D eigenvalue weighted by Crippen LogP contribution is 2.54. The van der Waals surface area contributed by atoms with E-state index in [0.29, 0.717) is 52.3 Å². The zero-order valence-electron chi connectivity index (χ0n) is 29.5. The van der Waals surface area contributed by atoms with Crippen LogP contribution in [0.5, 0.6) is 0 Å². The fraction of sp³-hybridized carbons (Fsp3) is 0.326. The van der Waals surface area contributed by atoms with E-state index in [1.165, 1.54) is 36.8 Å². The Kier molecular flexibility index (Phi) is 9.33. The van der Waals surface area contributed by atoms with E-state index >= 15 is 0 Å². The number of nitrogens with zero attached hydrogens (tertiary/aromatic N) is 5. The van der Waals surface area contributed by atoms with E-state index < -0.39 is 11.2 Å². The molecule has 4 atom stereocenters. The monoisotopic (exact) mass is 670 g/mol. The van der Waals surface area contributed by atoms with Crippen LogP contribution in [0.2, 0.25) is 0 Å². The largest absolute Gasteiger partial charge is 0.427 e. The number of aliphatic hydroxyl groups is 1. The number of rotatable bonds is 9. The number of benzene rings is 4. The molecule has 0 spiro atoms. The van der Waals surface area contributed by atoms with Crippen LogP contribution in [0.1, 0.15) is 87.5 Å². The first-order valence-corrected chi connectivity index (χ1v) is 17.7. The summed E-state index contributed by atoms with van der Waals surface area (Å²) < 4.78 is 5.98. The number of fused-ring (bicyclic) bond motifs is 2. The molecule has 0 amide bonds. The molecule has 7 nitrogen and oxygen atoms in total. The van der Waals surface area contributed by atoms with Crippen molar-refractivity contribution in [1.82, 2.24) is 15.0 Å².